The fourth-order valence-electron chi connectivity index (χ4n) is 2.50. The molecule has 0 aromatic carbocycles. The van der Waals surface area contributed by atoms with Crippen LogP contribution in [0.25, 0.3) is 0 Å². The van der Waals surface area contributed by atoms with E-state index in [-0.39, 0.29) is 12.0 Å². The Morgan fingerprint density at radius 3 is 2.00 bits per heavy atom. The second kappa shape index (κ2) is 11.5. The standard InChI is InChI=1S/C19H36O4/c1-7-10-11-12-13-16(6)23-18(21)19(8-2,9-3)17(20)22-14-15(4)5/h15-16H,7-14H2,1-6H3. The van der Waals surface area contributed by atoms with Crippen LogP contribution in [0.15, 0.2) is 0 Å². The molecule has 0 aliphatic heterocycles. The smallest absolute Gasteiger partial charge is 0.323 e. The van der Waals surface area contributed by atoms with Crippen molar-refractivity contribution >= 4 is 11.9 Å². The van der Waals surface area contributed by atoms with Gasteiger partial charge in [0.05, 0.1) is 12.7 Å². The van der Waals surface area contributed by atoms with Crippen LogP contribution in [0.2, 0.25) is 0 Å². The monoisotopic (exact) mass is 328 g/mol. The Balaban J connectivity index is 4.67. The van der Waals surface area contributed by atoms with Crippen molar-refractivity contribution in [3.8, 4) is 0 Å². The lowest BCUT2D eigenvalue weighted by Crippen LogP contribution is -2.42. The quantitative estimate of drug-likeness (QED) is 0.291. The summed E-state index contributed by atoms with van der Waals surface area (Å²) in [5.74, 6) is -0.627. The van der Waals surface area contributed by atoms with E-state index in [1.165, 1.54) is 12.8 Å². The minimum Gasteiger partial charge on any atom is -0.465 e. The van der Waals surface area contributed by atoms with E-state index in [9.17, 15) is 9.59 Å². The maximum absolute atomic E-state index is 12.6. The average Bonchev–Trinajstić information content (AvgIpc) is 2.51. The number of hydrogen-bond acceptors (Lipinski definition) is 4. The van der Waals surface area contributed by atoms with Gasteiger partial charge in [0.2, 0.25) is 0 Å². The predicted molar refractivity (Wildman–Crippen MR) is 93.1 cm³/mol. The van der Waals surface area contributed by atoms with Gasteiger partial charge in [0.1, 0.15) is 0 Å². The molecule has 0 fully saturated rings. The van der Waals surface area contributed by atoms with Crippen LogP contribution < -0.4 is 0 Å². The molecule has 1 atom stereocenters. The molecule has 0 N–H and O–H groups in total. The van der Waals surface area contributed by atoms with Gasteiger partial charge in [-0.1, -0.05) is 53.9 Å². The summed E-state index contributed by atoms with van der Waals surface area (Å²) in [5, 5.41) is 0. The summed E-state index contributed by atoms with van der Waals surface area (Å²) >= 11 is 0. The summed E-state index contributed by atoms with van der Waals surface area (Å²) in [6, 6.07) is 0. The summed E-state index contributed by atoms with van der Waals surface area (Å²) < 4.78 is 10.9. The van der Waals surface area contributed by atoms with Crippen LogP contribution in [0.3, 0.4) is 0 Å². The van der Waals surface area contributed by atoms with Crippen LogP contribution in [-0.4, -0.2) is 24.6 Å². The highest BCUT2D eigenvalue weighted by Gasteiger charge is 2.46. The van der Waals surface area contributed by atoms with Crippen LogP contribution >= 0.6 is 0 Å². The molecule has 4 heteroatoms. The second-order valence-corrected chi connectivity index (χ2v) is 6.85. The van der Waals surface area contributed by atoms with Crippen molar-refractivity contribution in [1.82, 2.24) is 0 Å². The zero-order valence-corrected chi connectivity index (χ0v) is 15.9. The lowest BCUT2D eigenvalue weighted by molar-refractivity contribution is -0.177. The highest BCUT2D eigenvalue weighted by molar-refractivity contribution is 6.00. The maximum atomic E-state index is 12.6. The van der Waals surface area contributed by atoms with Crippen molar-refractivity contribution in [2.45, 2.75) is 92.6 Å². The molecule has 0 rings (SSSR count). The van der Waals surface area contributed by atoms with Gasteiger partial charge in [-0.2, -0.15) is 0 Å². The number of rotatable bonds is 12. The molecule has 1 unspecified atom stereocenters. The summed E-state index contributed by atoms with van der Waals surface area (Å²) in [6.07, 6.45) is 6.09. The van der Waals surface area contributed by atoms with Gasteiger partial charge in [-0.25, -0.2) is 0 Å². The van der Waals surface area contributed by atoms with Gasteiger partial charge in [0, 0.05) is 0 Å². The molecule has 0 radical (unpaired) electrons. The molecule has 23 heavy (non-hydrogen) atoms. The average molecular weight is 328 g/mol. The molecule has 0 aliphatic rings. The Morgan fingerprint density at radius 2 is 1.52 bits per heavy atom. The van der Waals surface area contributed by atoms with Gasteiger partial charge in [0.25, 0.3) is 0 Å². The van der Waals surface area contributed by atoms with E-state index in [1.807, 2.05) is 34.6 Å². The third-order valence-electron chi connectivity index (χ3n) is 4.31. The third-order valence-corrected chi connectivity index (χ3v) is 4.31. The number of carbonyl (C=O) groups excluding carboxylic acids is 2. The van der Waals surface area contributed by atoms with E-state index in [0.717, 1.165) is 19.3 Å². The zero-order chi connectivity index (χ0) is 17.9. The van der Waals surface area contributed by atoms with Crippen LogP contribution in [0.4, 0.5) is 0 Å². The van der Waals surface area contributed by atoms with Gasteiger partial charge in [0.15, 0.2) is 5.41 Å². The van der Waals surface area contributed by atoms with Crippen LogP contribution in [0.1, 0.15) is 86.5 Å². The number of esters is 2. The first-order valence-corrected chi connectivity index (χ1v) is 9.22. The SMILES string of the molecule is CCCCCCC(C)OC(=O)C(CC)(CC)C(=O)OCC(C)C. The molecule has 0 aromatic heterocycles. The predicted octanol–water partition coefficient (Wildman–Crippen LogP) is 4.89. The molecule has 0 heterocycles. The fourth-order valence-corrected chi connectivity index (χ4v) is 2.50. The number of hydrogen-bond donors (Lipinski definition) is 0. The first-order chi connectivity index (χ1) is 10.8. The Bertz CT molecular complexity index is 345. The molecule has 4 nitrogen and oxygen atoms in total. The van der Waals surface area contributed by atoms with Crippen molar-refractivity contribution in [3.05, 3.63) is 0 Å². The lowest BCUT2D eigenvalue weighted by Gasteiger charge is -2.29. The van der Waals surface area contributed by atoms with E-state index < -0.39 is 17.4 Å². The summed E-state index contributed by atoms with van der Waals surface area (Å²) in [5.41, 5.74) is -1.16. The van der Waals surface area contributed by atoms with Crippen LogP contribution in [0.5, 0.6) is 0 Å². The van der Waals surface area contributed by atoms with Crippen molar-refractivity contribution in [2.24, 2.45) is 11.3 Å². The van der Waals surface area contributed by atoms with Gasteiger partial charge in [-0.05, 0) is 38.5 Å². The summed E-state index contributed by atoms with van der Waals surface area (Å²) in [6.45, 7) is 12.0. The molecule has 0 aliphatic carbocycles. The normalized spacial score (nSPS) is 13.0. The third kappa shape index (κ3) is 7.36. The first kappa shape index (κ1) is 21.9. The molecule has 0 bridgehead atoms. The largest absolute Gasteiger partial charge is 0.465 e. The second-order valence-electron chi connectivity index (χ2n) is 6.85. The highest BCUT2D eigenvalue weighted by atomic mass is 16.6. The van der Waals surface area contributed by atoms with Crippen LogP contribution in [-0.2, 0) is 19.1 Å². The molecule has 0 saturated carbocycles. The molecule has 0 amide bonds. The van der Waals surface area contributed by atoms with E-state index in [2.05, 4.69) is 6.92 Å². The van der Waals surface area contributed by atoms with Crippen molar-refractivity contribution in [3.63, 3.8) is 0 Å². The van der Waals surface area contributed by atoms with E-state index >= 15 is 0 Å². The number of carbonyl (C=O) groups is 2. The summed E-state index contributed by atoms with van der Waals surface area (Å²) in [4.78, 5) is 25.0. The highest BCUT2D eigenvalue weighted by Crippen LogP contribution is 2.31. The Hall–Kier alpha value is -1.06. The Morgan fingerprint density at radius 1 is 0.913 bits per heavy atom. The van der Waals surface area contributed by atoms with E-state index in [1.54, 1.807) is 0 Å². The number of unbranched alkanes of at least 4 members (excludes halogenated alkanes) is 3. The maximum Gasteiger partial charge on any atom is 0.323 e. The lowest BCUT2D eigenvalue weighted by atomic mass is 9.82. The van der Waals surface area contributed by atoms with Crippen LogP contribution in [0, 0.1) is 11.3 Å². The Labute approximate surface area is 142 Å². The van der Waals surface area contributed by atoms with Gasteiger partial charge < -0.3 is 9.47 Å². The first-order valence-electron chi connectivity index (χ1n) is 9.22. The number of ether oxygens (including phenoxy) is 2. The molecule has 0 spiro atoms. The van der Waals surface area contributed by atoms with Crippen molar-refractivity contribution in [1.29, 1.82) is 0 Å². The fraction of sp³-hybridized carbons (Fsp3) is 0.895. The molecule has 0 aromatic rings. The van der Waals surface area contributed by atoms with E-state index in [4.69, 9.17) is 9.47 Å². The minimum absolute atomic E-state index is 0.158. The zero-order valence-electron chi connectivity index (χ0n) is 15.9. The van der Waals surface area contributed by atoms with E-state index in [0.29, 0.717) is 19.4 Å². The van der Waals surface area contributed by atoms with Gasteiger partial charge in [-0.3, -0.25) is 9.59 Å². The van der Waals surface area contributed by atoms with Gasteiger partial charge in [-0.15, -0.1) is 0 Å². The van der Waals surface area contributed by atoms with Crippen molar-refractivity contribution in [2.75, 3.05) is 6.61 Å². The molecular weight excluding hydrogens is 292 g/mol. The Kier molecular flexibility index (Phi) is 10.9. The molecule has 136 valence electrons. The molecule has 0 saturated heterocycles. The van der Waals surface area contributed by atoms with Gasteiger partial charge >= 0.3 is 11.9 Å². The van der Waals surface area contributed by atoms with Crippen molar-refractivity contribution < 1.29 is 19.1 Å². The minimum atomic E-state index is -1.16. The molecular formula is C19H36O4. The summed E-state index contributed by atoms with van der Waals surface area (Å²) in [7, 11) is 0. The topological polar surface area (TPSA) is 52.6 Å².